The molecule has 76 heavy (non-hydrogen) atoms. The Hall–Kier alpha value is -3.67. The van der Waals surface area contributed by atoms with E-state index in [-0.39, 0.29) is 37.5 Å². The van der Waals surface area contributed by atoms with Crippen LogP contribution in [0.2, 0.25) is 0 Å². The van der Waals surface area contributed by atoms with Crippen molar-refractivity contribution in [1.82, 2.24) is 0 Å². The third-order valence-corrected chi connectivity index (χ3v) is 13.8. The van der Waals surface area contributed by atoms with E-state index in [2.05, 4.69) is 112 Å². The lowest BCUT2D eigenvalue weighted by Gasteiger charge is -2.18. The number of carbonyl (C=O) groups is 3. The van der Waals surface area contributed by atoms with Crippen LogP contribution in [0, 0.1) is 0 Å². The van der Waals surface area contributed by atoms with Gasteiger partial charge >= 0.3 is 17.9 Å². The van der Waals surface area contributed by atoms with Gasteiger partial charge in [0.2, 0.25) is 0 Å². The molecule has 436 valence electrons. The molecule has 0 aliphatic rings. The Bertz CT molecular complexity index is 1490. The van der Waals surface area contributed by atoms with Crippen LogP contribution in [-0.4, -0.2) is 37.2 Å². The molecule has 0 aromatic rings. The minimum absolute atomic E-state index is 0.101. The predicted octanol–water partition coefficient (Wildman–Crippen LogP) is 22.0. The lowest BCUT2D eigenvalue weighted by atomic mass is 10.0. The first-order chi connectivity index (χ1) is 37.5. The monoisotopic (exact) mass is 1060 g/mol. The van der Waals surface area contributed by atoms with E-state index in [1.165, 1.54) is 173 Å². The first-order valence-electron chi connectivity index (χ1n) is 32.2. The van der Waals surface area contributed by atoms with Crippen molar-refractivity contribution in [2.45, 2.75) is 316 Å². The van der Waals surface area contributed by atoms with Crippen LogP contribution in [0.1, 0.15) is 310 Å². The van der Waals surface area contributed by atoms with Crippen molar-refractivity contribution in [1.29, 1.82) is 0 Å². The summed E-state index contributed by atoms with van der Waals surface area (Å²) in [6.07, 6.45) is 86.0. The Morgan fingerprint density at radius 2 is 0.539 bits per heavy atom. The quantitative estimate of drug-likeness (QED) is 0.0261. The Labute approximate surface area is 470 Å². The van der Waals surface area contributed by atoms with Crippen molar-refractivity contribution in [3.05, 3.63) is 97.2 Å². The van der Waals surface area contributed by atoms with Gasteiger partial charge < -0.3 is 14.2 Å². The number of carbonyl (C=O) groups excluding carboxylic acids is 3. The molecule has 6 heteroatoms. The van der Waals surface area contributed by atoms with Crippen molar-refractivity contribution >= 4 is 17.9 Å². The summed E-state index contributed by atoms with van der Waals surface area (Å²) >= 11 is 0. The highest BCUT2D eigenvalue weighted by molar-refractivity contribution is 5.71. The summed E-state index contributed by atoms with van der Waals surface area (Å²) in [5.74, 6) is -0.973. The highest BCUT2D eigenvalue weighted by Crippen LogP contribution is 2.17. The van der Waals surface area contributed by atoms with Crippen molar-refractivity contribution in [3.63, 3.8) is 0 Å². The fraction of sp³-hybridized carbons (Fsp3) is 0.729. The topological polar surface area (TPSA) is 78.9 Å². The van der Waals surface area contributed by atoms with Crippen LogP contribution in [0.3, 0.4) is 0 Å². The van der Waals surface area contributed by atoms with Gasteiger partial charge in [-0.25, -0.2) is 0 Å². The molecule has 0 bridgehead atoms. The fourth-order valence-electron chi connectivity index (χ4n) is 9.10. The maximum absolute atomic E-state index is 12.8. The molecule has 0 aliphatic carbocycles. The van der Waals surface area contributed by atoms with Crippen LogP contribution in [0.5, 0.6) is 0 Å². The number of ether oxygens (including phenoxy) is 3. The van der Waals surface area contributed by atoms with Crippen LogP contribution < -0.4 is 0 Å². The number of hydrogen-bond acceptors (Lipinski definition) is 6. The van der Waals surface area contributed by atoms with Gasteiger partial charge in [-0.15, -0.1) is 0 Å². The van der Waals surface area contributed by atoms with Gasteiger partial charge in [0.25, 0.3) is 0 Å². The lowest BCUT2D eigenvalue weighted by Crippen LogP contribution is -2.30. The summed E-state index contributed by atoms with van der Waals surface area (Å²) in [7, 11) is 0. The van der Waals surface area contributed by atoms with Gasteiger partial charge in [0.1, 0.15) is 13.2 Å². The second kappa shape index (κ2) is 63.9. The van der Waals surface area contributed by atoms with Crippen LogP contribution in [0.25, 0.3) is 0 Å². The normalized spacial score (nSPS) is 12.7. The molecule has 0 saturated carbocycles. The summed E-state index contributed by atoms with van der Waals surface area (Å²) in [4.78, 5) is 38.1. The third-order valence-electron chi connectivity index (χ3n) is 13.8. The molecule has 0 aromatic heterocycles. The van der Waals surface area contributed by atoms with E-state index >= 15 is 0 Å². The van der Waals surface area contributed by atoms with Gasteiger partial charge in [-0.2, -0.15) is 0 Å². The average Bonchev–Trinajstić information content (AvgIpc) is 3.42. The summed E-state index contributed by atoms with van der Waals surface area (Å²) in [5, 5.41) is 0. The first-order valence-corrected chi connectivity index (χ1v) is 32.2. The Balaban J connectivity index is 4.11. The van der Waals surface area contributed by atoms with Crippen LogP contribution in [0.4, 0.5) is 0 Å². The summed E-state index contributed by atoms with van der Waals surface area (Å²) in [5.41, 5.74) is 0. The largest absolute Gasteiger partial charge is 0.462 e. The van der Waals surface area contributed by atoms with E-state index in [0.717, 1.165) is 89.9 Å². The molecular weight excluding hydrogens is 937 g/mol. The molecule has 0 heterocycles. The van der Waals surface area contributed by atoms with Crippen molar-refractivity contribution in [2.24, 2.45) is 0 Å². The maximum Gasteiger partial charge on any atom is 0.306 e. The summed E-state index contributed by atoms with van der Waals surface area (Å²) in [6.45, 7) is 6.37. The fourth-order valence-corrected chi connectivity index (χ4v) is 9.10. The standard InChI is InChI=1S/C70H120O6/c1-4-7-10-13-16-19-22-25-26-27-28-29-30-31-32-33-34-35-36-37-38-39-40-41-42-43-44-46-48-51-54-57-60-63-69(72)75-66-67(65-74-68(71)62-59-56-53-50-47-24-21-18-15-12-9-6-3)76-70(73)64-61-58-55-52-49-45-23-20-17-14-11-8-5-2/h7-8,10-11,16-17,19-20,25-26,28-29,45,49,55,58,67H,4-6,9,12-15,18,21-24,27,30-44,46-48,50-54,56-57,59-66H2,1-3H3/b10-7-,11-8-,19-16-,20-17-,26-25-,29-28-,49-45-,58-55-. The minimum atomic E-state index is -0.812. The van der Waals surface area contributed by atoms with E-state index in [1.54, 1.807) is 0 Å². The van der Waals surface area contributed by atoms with Gasteiger partial charge in [-0.1, -0.05) is 304 Å². The highest BCUT2D eigenvalue weighted by atomic mass is 16.6. The Morgan fingerprint density at radius 3 is 0.855 bits per heavy atom. The number of hydrogen-bond donors (Lipinski definition) is 0. The Morgan fingerprint density at radius 1 is 0.276 bits per heavy atom. The van der Waals surface area contributed by atoms with E-state index < -0.39 is 6.10 Å². The molecule has 0 fully saturated rings. The van der Waals surface area contributed by atoms with E-state index in [4.69, 9.17) is 14.2 Å². The van der Waals surface area contributed by atoms with E-state index in [9.17, 15) is 14.4 Å². The van der Waals surface area contributed by atoms with E-state index in [0.29, 0.717) is 19.3 Å². The second-order valence-electron chi connectivity index (χ2n) is 21.3. The number of unbranched alkanes of at least 4 members (excludes halogenated alkanes) is 31. The first kappa shape index (κ1) is 72.3. The van der Waals surface area contributed by atoms with Gasteiger partial charge in [-0.05, 0) is 83.5 Å². The molecule has 1 atom stereocenters. The van der Waals surface area contributed by atoms with Gasteiger partial charge in [-0.3, -0.25) is 14.4 Å². The molecule has 1 unspecified atom stereocenters. The number of esters is 3. The average molecular weight is 1060 g/mol. The van der Waals surface area contributed by atoms with Crippen LogP contribution in [0.15, 0.2) is 97.2 Å². The number of allylic oxidation sites excluding steroid dienone is 16. The third kappa shape index (κ3) is 61.2. The van der Waals surface area contributed by atoms with Crippen molar-refractivity contribution in [3.8, 4) is 0 Å². The van der Waals surface area contributed by atoms with Gasteiger partial charge in [0, 0.05) is 19.3 Å². The van der Waals surface area contributed by atoms with Crippen LogP contribution in [-0.2, 0) is 28.6 Å². The zero-order valence-electron chi connectivity index (χ0n) is 50.0. The molecule has 0 radical (unpaired) electrons. The molecule has 0 N–H and O–H groups in total. The Kier molecular flexibility index (Phi) is 60.8. The summed E-state index contributed by atoms with van der Waals surface area (Å²) < 4.78 is 16.8. The maximum atomic E-state index is 12.8. The molecule has 0 rings (SSSR count). The van der Waals surface area contributed by atoms with Gasteiger partial charge in [0.05, 0.1) is 0 Å². The zero-order chi connectivity index (χ0) is 55.0. The smallest absolute Gasteiger partial charge is 0.306 e. The predicted molar refractivity (Wildman–Crippen MR) is 330 cm³/mol. The van der Waals surface area contributed by atoms with E-state index in [1.807, 2.05) is 6.08 Å². The SMILES string of the molecule is CC/C=C\C/C=C\C/C=C\C/C=C\CCCCCCCCCCCCCCCCCCCCCCC(=O)OCC(COC(=O)CCCCCCCCCCCCCC)OC(=O)CC/C=C\C/C=C\C/C=C\C/C=C\CC. The minimum Gasteiger partial charge on any atom is -0.462 e. The lowest BCUT2D eigenvalue weighted by molar-refractivity contribution is -0.166. The highest BCUT2D eigenvalue weighted by Gasteiger charge is 2.19. The molecule has 0 aromatic carbocycles. The number of rotatable bonds is 58. The molecule has 0 aliphatic heterocycles. The summed E-state index contributed by atoms with van der Waals surface area (Å²) in [6, 6.07) is 0. The van der Waals surface area contributed by atoms with Crippen LogP contribution >= 0.6 is 0 Å². The molecule has 0 amide bonds. The molecule has 0 spiro atoms. The molecule has 6 nitrogen and oxygen atoms in total. The second-order valence-corrected chi connectivity index (χ2v) is 21.3. The van der Waals surface area contributed by atoms with Gasteiger partial charge in [0.15, 0.2) is 6.10 Å². The molecular formula is C70H120O6. The van der Waals surface area contributed by atoms with Crippen molar-refractivity contribution < 1.29 is 28.6 Å². The molecule has 0 saturated heterocycles. The van der Waals surface area contributed by atoms with Crippen molar-refractivity contribution in [2.75, 3.05) is 13.2 Å². The zero-order valence-corrected chi connectivity index (χ0v) is 50.0.